The zero-order valence-corrected chi connectivity index (χ0v) is 12.5. The van der Waals surface area contributed by atoms with Gasteiger partial charge in [0.25, 0.3) is 0 Å². The van der Waals surface area contributed by atoms with Crippen LogP contribution in [0.2, 0.25) is 0 Å². The number of carbonyl (C=O) groups is 1. The van der Waals surface area contributed by atoms with E-state index in [1.807, 2.05) is 0 Å². The Morgan fingerprint density at radius 1 is 1.20 bits per heavy atom. The Morgan fingerprint density at radius 2 is 2.05 bits per heavy atom. The van der Waals surface area contributed by atoms with Crippen LogP contribution in [0.3, 0.4) is 0 Å². The van der Waals surface area contributed by atoms with Gasteiger partial charge in [0.1, 0.15) is 6.10 Å². The first kappa shape index (κ1) is 13.1. The Labute approximate surface area is 121 Å². The smallest absolute Gasteiger partial charge is 0.184 e. The van der Waals surface area contributed by atoms with E-state index in [4.69, 9.17) is 0 Å². The lowest BCUT2D eigenvalue weighted by Crippen LogP contribution is -2.46. The van der Waals surface area contributed by atoms with Crippen molar-refractivity contribution in [2.24, 2.45) is 29.1 Å². The maximum Gasteiger partial charge on any atom is 0.184 e. The number of ketones is 1. The van der Waals surface area contributed by atoms with Crippen LogP contribution in [0.15, 0.2) is 11.6 Å². The van der Waals surface area contributed by atoms with Crippen molar-refractivity contribution in [3.05, 3.63) is 11.6 Å². The Morgan fingerprint density at radius 3 is 2.90 bits per heavy atom. The molecule has 0 aliphatic heterocycles. The number of carbonyl (C=O) groups excluding carboxylic acids is 1. The van der Waals surface area contributed by atoms with Gasteiger partial charge in [0, 0.05) is 0 Å². The molecule has 0 radical (unpaired) electrons. The Kier molecular flexibility index (Phi) is 2.89. The zero-order valence-electron chi connectivity index (χ0n) is 12.5. The van der Waals surface area contributed by atoms with E-state index in [-0.39, 0.29) is 5.78 Å². The standard InChI is InChI=1S/C18H26O2/c1-18-7-2-3-15(18)13-5-4-11-9-16(19)17(20)10-14(11)12(13)6-8-18/h9,12-15,17,20H,2-8,10H2,1H3/t12-,13+,14-,15-,17?,18-/m0/s1. The topological polar surface area (TPSA) is 37.3 Å². The Bertz CT molecular complexity index is 466. The lowest BCUT2D eigenvalue weighted by atomic mass is 9.52. The molecule has 0 amide bonds. The zero-order chi connectivity index (χ0) is 13.9. The van der Waals surface area contributed by atoms with Crippen LogP contribution in [-0.2, 0) is 4.79 Å². The van der Waals surface area contributed by atoms with Crippen molar-refractivity contribution >= 4 is 5.78 Å². The van der Waals surface area contributed by atoms with Gasteiger partial charge in [-0.3, -0.25) is 4.79 Å². The first-order chi connectivity index (χ1) is 9.58. The predicted molar refractivity (Wildman–Crippen MR) is 78.1 cm³/mol. The molecule has 0 saturated heterocycles. The fraction of sp³-hybridized carbons (Fsp3) is 0.833. The summed E-state index contributed by atoms with van der Waals surface area (Å²) >= 11 is 0. The van der Waals surface area contributed by atoms with Crippen LogP contribution in [0.4, 0.5) is 0 Å². The molecule has 3 saturated carbocycles. The van der Waals surface area contributed by atoms with Gasteiger partial charge in [-0.1, -0.05) is 18.9 Å². The van der Waals surface area contributed by atoms with E-state index in [9.17, 15) is 9.90 Å². The van der Waals surface area contributed by atoms with E-state index in [0.717, 1.165) is 24.2 Å². The first-order valence-corrected chi connectivity index (χ1v) is 8.51. The second kappa shape index (κ2) is 4.43. The number of aliphatic hydroxyl groups excluding tert-OH is 1. The molecule has 4 aliphatic carbocycles. The molecule has 0 spiro atoms. The third kappa shape index (κ3) is 1.76. The van der Waals surface area contributed by atoms with Gasteiger partial charge in [0.15, 0.2) is 5.78 Å². The summed E-state index contributed by atoms with van der Waals surface area (Å²) in [6.07, 6.45) is 11.1. The van der Waals surface area contributed by atoms with Crippen molar-refractivity contribution in [1.29, 1.82) is 0 Å². The Hall–Kier alpha value is -0.630. The van der Waals surface area contributed by atoms with E-state index in [1.54, 1.807) is 6.08 Å². The molecule has 0 aromatic carbocycles. The SMILES string of the molecule is C[C@@]12CCC[C@H]1[C@@H]1CCC3=CC(=O)C(O)C[C@@H]3[C@H]1CC2. The van der Waals surface area contributed by atoms with E-state index in [0.29, 0.717) is 17.8 Å². The highest BCUT2D eigenvalue weighted by Gasteiger charge is 2.52. The fourth-order valence-corrected chi connectivity index (χ4v) is 6.16. The summed E-state index contributed by atoms with van der Waals surface area (Å²) in [5.41, 5.74) is 1.97. The van der Waals surface area contributed by atoms with Gasteiger partial charge in [0.2, 0.25) is 0 Å². The lowest BCUT2D eigenvalue weighted by molar-refractivity contribution is -0.125. The minimum absolute atomic E-state index is 0.0452. The molecule has 3 fully saturated rings. The molecule has 0 heterocycles. The van der Waals surface area contributed by atoms with Crippen molar-refractivity contribution in [2.75, 3.05) is 0 Å². The van der Waals surface area contributed by atoms with Crippen LogP contribution in [0.1, 0.15) is 58.3 Å². The van der Waals surface area contributed by atoms with Gasteiger partial charge in [0.05, 0.1) is 0 Å². The molecule has 1 unspecified atom stereocenters. The largest absolute Gasteiger partial charge is 0.385 e. The van der Waals surface area contributed by atoms with Crippen LogP contribution < -0.4 is 0 Å². The summed E-state index contributed by atoms with van der Waals surface area (Å²) in [4.78, 5) is 11.7. The summed E-state index contributed by atoms with van der Waals surface area (Å²) in [5.74, 6) is 2.98. The van der Waals surface area contributed by atoms with Crippen molar-refractivity contribution in [3.8, 4) is 0 Å². The van der Waals surface area contributed by atoms with Gasteiger partial charge in [-0.05, 0) is 80.1 Å². The van der Waals surface area contributed by atoms with Gasteiger partial charge in [-0.25, -0.2) is 0 Å². The number of fused-ring (bicyclic) bond motifs is 5. The van der Waals surface area contributed by atoms with Crippen molar-refractivity contribution in [3.63, 3.8) is 0 Å². The number of rotatable bonds is 0. The van der Waals surface area contributed by atoms with E-state index >= 15 is 0 Å². The quantitative estimate of drug-likeness (QED) is 0.734. The van der Waals surface area contributed by atoms with Gasteiger partial charge in [-0.2, -0.15) is 0 Å². The molecule has 20 heavy (non-hydrogen) atoms. The van der Waals surface area contributed by atoms with Crippen molar-refractivity contribution in [1.82, 2.24) is 0 Å². The van der Waals surface area contributed by atoms with E-state index < -0.39 is 6.10 Å². The van der Waals surface area contributed by atoms with Crippen molar-refractivity contribution in [2.45, 2.75) is 64.4 Å². The average Bonchev–Trinajstić information content (AvgIpc) is 2.82. The number of hydrogen-bond donors (Lipinski definition) is 1. The predicted octanol–water partition coefficient (Wildman–Crippen LogP) is 3.49. The summed E-state index contributed by atoms with van der Waals surface area (Å²) < 4.78 is 0. The normalized spacial score (nSPS) is 51.0. The summed E-state index contributed by atoms with van der Waals surface area (Å²) in [5, 5.41) is 9.95. The fourth-order valence-electron chi connectivity index (χ4n) is 6.16. The van der Waals surface area contributed by atoms with Crippen LogP contribution >= 0.6 is 0 Å². The molecule has 6 atom stereocenters. The van der Waals surface area contributed by atoms with E-state index in [1.165, 1.54) is 44.1 Å². The Balaban J connectivity index is 1.64. The summed E-state index contributed by atoms with van der Waals surface area (Å²) in [7, 11) is 0. The third-order valence-corrected chi connectivity index (χ3v) is 7.17. The van der Waals surface area contributed by atoms with E-state index in [2.05, 4.69) is 6.92 Å². The third-order valence-electron chi connectivity index (χ3n) is 7.17. The number of allylic oxidation sites excluding steroid dienone is 1. The highest BCUT2D eigenvalue weighted by molar-refractivity contribution is 5.95. The molecule has 2 heteroatoms. The molecular formula is C18H26O2. The highest BCUT2D eigenvalue weighted by atomic mass is 16.3. The molecule has 2 nitrogen and oxygen atoms in total. The molecule has 0 aromatic rings. The lowest BCUT2D eigenvalue weighted by Gasteiger charge is -2.53. The molecular weight excluding hydrogens is 248 g/mol. The second-order valence-electron chi connectivity index (χ2n) is 8.04. The summed E-state index contributed by atoms with van der Waals surface area (Å²) in [6.45, 7) is 2.52. The van der Waals surface area contributed by atoms with Crippen LogP contribution in [0.5, 0.6) is 0 Å². The molecule has 0 aromatic heterocycles. The minimum atomic E-state index is -0.723. The molecule has 1 N–H and O–H groups in total. The monoisotopic (exact) mass is 274 g/mol. The molecule has 110 valence electrons. The van der Waals surface area contributed by atoms with Crippen LogP contribution in [0, 0.1) is 29.1 Å². The second-order valence-corrected chi connectivity index (χ2v) is 8.04. The maximum atomic E-state index is 11.7. The van der Waals surface area contributed by atoms with Crippen molar-refractivity contribution < 1.29 is 9.90 Å². The highest BCUT2D eigenvalue weighted by Crippen LogP contribution is 2.61. The maximum absolute atomic E-state index is 11.7. The minimum Gasteiger partial charge on any atom is -0.385 e. The van der Waals surface area contributed by atoms with Gasteiger partial charge >= 0.3 is 0 Å². The number of aliphatic hydroxyl groups is 1. The average molecular weight is 274 g/mol. The molecule has 4 rings (SSSR count). The first-order valence-electron chi connectivity index (χ1n) is 8.51. The van der Waals surface area contributed by atoms with Gasteiger partial charge < -0.3 is 5.11 Å². The van der Waals surface area contributed by atoms with Gasteiger partial charge in [-0.15, -0.1) is 0 Å². The number of hydrogen-bond acceptors (Lipinski definition) is 2. The van der Waals surface area contributed by atoms with Crippen LogP contribution in [-0.4, -0.2) is 17.0 Å². The van der Waals surface area contributed by atoms with Crippen LogP contribution in [0.25, 0.3) is 0 Å². The summed E-state index contributed by atoms with van der Waals surface area (Å²) in [6, 6.07) is 0. The molecule has 0 bridgehead atoms. The molecule has 4 aliphatic rings.